The fraction of sp³-hybridized carbons (Fsp3) is 0.263. The lowest BCUT2D eigenvalue weighted by Gasteiger charge is -2.17. The molecule has 1 aliphatic heterocycles. The third-order valence-electron chi connectivity index (χ3n) is 4.60. The monoisotopic (exact) mass is 405 g/mol. The lowest BCUT2D eigenvalue weighted by atomic mass is 10.1. The van der Waals surface area contributed by atoms with Crippen LogP contribution in [0.15, 0.2) is 53.4 Å². The zero-order valence-electron chi connectivity index (χ0n) is 15.0. The molecule has 0 aromatic heterocycles. The number of hydrogen-bond acceptors (Lipinski definition) is 4. The van der Waals surface area contributed by atoms with Crippen molar-refractivity contribution in [2.45, 2.75) is 17.7 Å². The van der Waals surface area contributed by atoms with Gasteiger partial charge < -0.3 is 10.2 Å². The van der Waals surface area contributed by atoms with E-state index in [1.807, 2.05) is 0 Å². The molecule has 0 bridgehead atoms. The number of amides is 2. The Balaban J connectivity index is 1.53. The van der Waals surface area contributed by atoms with Gasteiger partial charge >= 0.3 is 0 Å². The smallest absolute Gasteiger partial charge is 0.238 e. The van der Waals surface area contributed by atoms with Crippen molar-refractivity contribution in [2.24, 2.45) is 11.1 Å². The number of nitrogens with one attached hydrogen (secondary N) is 1. The first-order valence-corrected chi connectivity index (χ1v) is 10.2. The molecule has 1 aliphatic rings. The number of hydrogen-bond donors (Lipinski definition) is 2. The largest absolute Gasteiger partial charge is 0.355 e. The van der Waals surface area contributed by atoms with Crippen molar-refractivity contribution in [3.8, 4) is 0 Å². The highest BCUT2D eigenvalue weighted by Gasteiger charge is 2.35. The molecule has 0 spiro atoms. The second-order valence-corrected chi connectivity index (χ2v) is 8.15. The molecule has 9 heteroatoms. The minimum absolute atomic E-state index is 0.0259. The Labute approximate surface area is 162 Å². The molecule has 1 atom stereocenters. The minimum atomic E-state index is -3.73. The SMILES string of the molecule is NS(=O)(=O)c1ccc(CCNC(=O)[C@H]2CC(=O)N(c3ccccc3F)C2)cc1. The van der Waals surface area contributed by atoms with Crippen LogP contribution in [0.3, 0.4) is 0 Å². The van der Waals surface area contributed by atoms with Crippen molar-refractivity contribution < 1.29 is 22.4 Å². The topological polar surface area (TPSA) is 110 Å². The quantitative estimate of drug-likeness (QED) is 0.752. The normalized spacial score (nSPS) is 17.0. The van der Waals surface area contributed by atoms with E-state index in [1.165, 1.54) is 29.2 Å². The van der Waals surface area contributed by atoms with E-state index in [4.69, 9.17) is 5.14 Å². The van der Waals surface area contributed by atoms with E-state index in [0.717, 1.165) is 5.56 Å². The van der Waals surface area contributed by atoms with Crippen LogP contribution >= 0.6 is 0 Å². The molecule has 2 aromatic rings. The van der Waals surface area contributed by atoms with Gasteiger partial charge in [-0.25, -0.2) is 17.9 Å². The Kier molecular flexibility index (Phi) is 5.76. The summed E-state index contributed by atoms with van der Waals surface area (Å²) < 4.78 is 36.4. The van der Waals surface area contributed by atoms with Crippen LogP contribution in [0.5, 0.6) is 0 Å². The van der Waals surface area contributed by atoms with E-state index in [9.17, 15) is 22.4 Å². The lowest BCUT2D eigenvalue weighted by Crippen LogP contribution is -2.34. The van der Waals surface area contributed by atoms with Crippen molar-refractivity contribution in [3.05, 3.63) is 59.9 Å². The van der Waals surface area contributed by atoms with Gasteiger partial charge in [-0.1, -0.05) is 24.3 Å². The first-order chi connectivity index (χ1) is 13.3. The molecule has 28 heavy (non-hydrogen) atoms. The summed E-state index contributed by atoms with van der Waals surface area (Å²) in [6.45, 7) is 0.465. The third kappa shape index (κ3) is 4.55. The van der Waals surface area contributed by atoms with Gasteiger partial charge in [0.2, 0.25) is 21.8 Å². The highest BCUT2D eigenvalue weighted by atomic mass is 32.2. The molecular weight excluding hydrogens is 385 g/mol. The van der Waals surface area contributed by atoms with Crippen LogP contribution in [-0.2, 0) is 26.0 Å². The number of para-hydroxylation sites is 1. The maximum Gasteiger partial charge on any atom is 0.238 e. The highest BCUT2D eigenvalue weighted by molar-refractivity contribution is 7.89. The number of nitrogens with zero attached hydrogens (tertiary/aromatic N) is 1. The number of halogens is 1. The van der Waals surface area contributed by atoms with E-state index in [2.05, 4.69) is 5.32 Å². The molecule has 1 fully saturated rings. The second-order valence-electron chi connectivity index (χ2n) is 6.59. The summed E-state index contributed by atoms with van der Waals surface area (Å²) in [6, 6.07) is 12.0. The molecule has 0 unspecified atom stereocenters. The zero-order valence-corrected chi connectivity index (χ0v) is 15.8. The van der Waals surface area contributed by atoms with Crippen molar-refractivity contribution in [3.63, 3.8) is 0 Å². The molecule has 1 saturated heterocycles. The van der Waals surface area contributed by atoms with E-state index in [-0.39, 0.29) is 35.4 Å². The summed E-state index contributed by atoms with van der Waals surface area (Å²) >= 11 is 0. The summed E-state index contributed by atoms with van der Waals surface area (Å²) in [6.07, 6.45) is 0.525. The Bertz CT molecular complexity index is 992. The number of nitrogens with two attached hydrogens (primary N) is 1. The standard InChI is InChI=1S/C19H20FN3O4S/c20-16-3-1-2-4-17(16)23-12-14(11-18(23)24)19(25)22-10-9-13-5-7-15(8-6-13)28(21,26)27/h1-8,14H,9-12H2,(H,22,25)(H2,21,26,27)/t14-/m0/s1. The molecule has 2 amide bonds. The zero-order chi connectivity index (χ0) is 20.3. The lowest BCUT2D eigenvalue weighted by molar-refractivity contribution is -0.126. The summed E-state index contributed by atoms with van der Waals surface area (Å²) in [5, 5.41) is 7.82. The van der Waals surface area contributed by atoms with E-state index in [1.54, 1.807) is 24.3 Å². The van der Waals surface area contributed by atoms with Crippen LogP contribution < -0.4 is 15.4 Å². The maximum atomic E-state index is 13.9. The predicted molar refractivity (Wildman–Crippen MR) is 101 cm³/mol. The van der Waals surface area contributed by atoms with Crippen molar-refractivity contribution >= 4 is 27.5 Å². The minimum Gasteiger partial charge on any atom is -0.355 e. The fourth-order valence-corrected chi connectivity index (χ4v) is 3.62. The van der Waals surface area contributed by atoms with E-state index in [0.29, 0.717) is 13.0 Å². The maximum absolute atomic E-state index is 13.9. The number of rotatable bonds is 6. The van der Waals surface area contributed by atoms with Gasteiger partial charge in [0.25, 0.3) is 0 Å². The molecule has 148 valence electrons. The van der Waals surface area contributed by atoms with Crippen LogP contribution in [0, 0.1) is 11.7 Å². The molecule has 0 radical (unpaired) electrons. The number of benzene rings is 2. The summed E-state index contributed by atoms with van der Waals surface area (Å²) in [4.78, 5) is 25.8. The number of primary sulfonamides is 1. The molecule has 1 heterocycles. The summed E-state index contributed by atoms with van der Waals surface area (Å²) in [7, 11) is -3.73. The Hall–Kier alpha value is -2.78. The number of anilines is 1. The van der Waals surface area contributed by atoms with Crippen molar-refractivity contribution in [1.29, 1.82) is 0 Å². The highest BCUT2D eigenvalue weighted by Crippen LogP contribution is 2.27. The molecule has 3 N–H and O–H groups in total. The number of carbonyl (C=O) groups excluding carboxylic acids is 2. The van der Waals surface area contributed by atoms with E-state index < -0.39 is 21.8 Å². The van der Waals surface area contributed by atoms with Gasteiger partial charge in [-0.05, 0) is 36.2 Å². The Morgan fingerprint density at radius 3 is 2.50 bits per heavy atom. The van der Waals surface area contributed by atoms with Crippen LogP contribution in [0.4, 0.5) is 10.1 Å². The number of carbonyl (C=O) groups is 2. The molecule has 7 nitrogen and oxygen atoms in total. The van der Waals surface area contributed by atoms with Gasteiger partial charge in [0.05, 0.1) is 16.5 Å². The van der Waals surface area contributed by atoms with Crippen molar-refractivity contribution in [2.75, 3.05) is 18.0 Å². The molecular formula is C19H20FN3O4S. The summed E-state index contributed by atoms with van der Waals surface area (Å²) in [5.41, 5.74) is 1.01. The first-order valence-electron chi connectivity index (χ1n) is 8.70. The first kappa shape index (κ1) is 20.0. The fourth-order valence-electron chi connectivity index (χ4n) is 3.11. The third-order valence-corrected chi connectivity index (χ3v) is 5.53. The average molecular weight is 405 g/mol. The second kappa shape index (κ2) is 8.07. The summed E-state index contributed by atoms with van der Waals surface area (Å²) in [5.74, 6) is -1.60. The predicted octanol–water partition coefficient (Wildman–Crippen LogP) is 1.18. The van der Waals surface area contributed by atoms with Gasteiger partial charge in [0.15, 0.2) is 0 Å². The Morgan fingerprint density at radius 2 is 1.86 bits per heavy atom. The van der Waals surface area contributed by atoms with Gasteiger partial charge in [-0.2, -0.15) is 0 Å². The van der Waals surface area contributed by atoms with Gasteiger partial charge in [-0.3, -0.25) is 9.59 Å². The van der Waals surface area contributed by atoms with Gasteiger partial charge in [-0.15, -0.1) is 0 Å². The molecule has 0 saturated carbocycles. The molecule has 2 aromatic carbocycles. The van der Waals surface area contributed by atoms with Crippen LogP contribution in [-0.4, -0.2) is 33.3 Å². The van der Waals surface area contributed by atoms with Crippen molar-refractivity contribution in [1.82, 2.24) is 5.32 Å². The number of sulfonamides is 1. The average Bonchev–Trinajstić information content (AvgIpc) is 3.03. The van der Waals surface area contributed by atoms with Crippen LogP contribution in [0.2, 0.25) is 0 Å². The van der Waals surface area contributed by atoms with Gasteiger partial charge in [0, 0.05) is 19.5 Å². The Morgan fingerprint density at radius 1 is 1.18 bits per heavy atom. The molecule has 3 rings (SSSR count). The van der Waals surface area contributed by atoms with Crippen LogP contribution in [0.1, 0.15) is 12.0 Å². The van der Waals surface area contributed by atoms with E-state index >= 15 is 0 Å². The van der Waals surface area contributed by atoms with Crippen LogP contribution in [0.25, 0.3) is 0 Å². The van der Waals surface area contributed by atoms with Gasteiger partial charge in [0.1, 0.15) is 5.82 Å². The molecule has 0 aliphatic carbocycles.